The third kappa shape index (κ3) is 6.69. The van der Waals surface area contributed by atoms with Gasteiger partial charge in [-0.1, -0.05) is 49.2 Å². The van der Waals surface area contributed by atoms with E-state index in [1.165, 1.54) is 6.20 Å². The van der Waals surface area contributed by atoms with Crippen LogP contribution >= 0.6 is 34.8 Å². The fraction of sp³-hybridized carbons (Fsp3) is 0.318. The zero-order chi connectivity index (χ0) is 24.2. The van der Waals surface area contributed by atoms with Crippen LogP contribution in [0.4, 0.5) is 5.95 Å². The molecule has 0 unspecified atom stereocenters. The molecule has 2 N–H and O–H groups in total. The van der Waals surface area contributed by atoms with Crippen molar-refractivity contribution in [3.63, 3.8) is 0 Å². The van der Waals surface area contributed by atoms with Crippen molar-refractivity contribution in [3.8, 4) is 11.5 Å². The maximum atomic E-state index is 11.3. The van der Waals surface area contributed by atoms with Gasteiger partial charge in [0.25, 0.3) is 0 Å². The maximum Gasteiger partial charge on any atom is 0.232 e. The van der Waals surface area contributed by atoms with E-state index in [0.29, 0.717) is 39.7 Å². The van der Waals surface area contributed by atoms with Crippen LogP contribution in [0.1, 0.15) is 30.7 Å². The van der Waals surface area contributed by atoms with Crippen molar-refractivity contribution in [2.24, 2.45) is 0 Å². The largest absolute Gasteiger partial charge is 0.489 e. The highest BCUT2D eigenvalue weighted by atomic mass is 35.5. The van der Waals surface area contributed by atoms with Crippen LogP contribution in [0.25, 0.3) is 0 Å². The zero-order valence-corrected chi connectivity index (χ0v) is 21.4. The summed E-state index contributed by atoms with van der Waals surface area (Å²) in [5.41, 5.74) is 2.23. The lowest BCUT2D eigenvalue weighted by Crippen LogP contribution is -2.19. The number of nitrogens with one attached hydrogen (secondary N) is 2. The second-order valence-corrected chi connectivity index (χ2v) is 10.8. The van der Waals surface area contributed by atoms with E-state index in [2.05, 4.69) is 28.5 Å². The Kier molecular flexibility index (Phi) is 8.05. The smallest absolute Gasteiger partial charge is 0.232 e. The Morgan fingerprint density at radius 2 is 1.70 bits per heavy atom. The number of anilines is 1. The Morgan fingerprint density at radius 3 is 2.27 bits per heavy atom. The van der Waals surface area contributed by atoms with Crippen molar-refractivity contribution in [1.82, 2.24) is 9.97 Å². The Morgan fingerprint density at radius 1 is 1.06 bits per heavy atom. The quantitative estimate of drug-likeness (QED) is 0.331. The molecule has 0 aliphatic carbocycles. The van der Waals surface area contributed by atoms with E-state index in [1.807, 2.05) is 36.4 Å². The molecule has 1 heterocycles. The molecular formula is C22H24Cl3N3O4S. The standard InChI is InChI=1S/C22H24Cl3N3O4S/c1-22(2,15-10-18(24)20(19(25)11-15)31-9-8-23)14-4-6-17(7-5-14)32-13-16-12-26-21(27-16)28-33(3,29)30/h4-7,10-12H,8-9,13H2,1-3H3,(H2,26,27,28). The van der Waals surface area contributed by atoms with Crippen molar-refractivity contribution in [3.05, 3.63) is 69.5 Å². The summed E-state index contributed by atoms with van der Waals surface area (Å²) in [5, 5.41) is 0.861. The first-order valence-corrected chi connectivity index (χ1v) is 13.1. The first kappa shape index (κ1) is 25.5. The minimum atomic E-state index is -3.40. The predicted octanol–water partition coefficient (Wildman–Crippen LogP) is 5.61. The first-order valence-electron chi connectivity index (χ1n) is 9.93. The Hall–Kier alpha value is -2.13. The number of sulfonamides is 1. The minimum absolute atomic E-state index is 0.143. The second kappa shape index (κ2) is 10.4. The van der Waals surface area contributed by atoms with Gasteiger partial charge < -0.3 is 14.5 Å². The highest BCUT2D eigenvalue weighted by molar-refractivity contribution is 7.91. The average molecular weight is 533 g/mol. The Balaban J connectivity index is 1.70. The fourth-order valence-electron chi connectivity index (χ4n) is 3.15. The molecule has 33 heavy (non-hydrogen) atoms. The third-order valence-corrected chi connectivity index (χ3v) is 6.20. The first-order chi connectivity index (χ1) is 15.5. The number of aromatic nitrogens is 2. The molecule has 3 aromatic rings. The lowest BCUT2D eigenvalue weighted by molar-refractivity contribution is 0.302. The number of hydrogen-bond acceptors (Lipinski definition) is 5. The van der Waals surface area contributed by atoms with Gasteiger partial charge in [0.1, 0.15) is 19.0 Å². The van der Waals surface area contributed by atoms with Gasteiger partial charge >= 0.3 is 0 Å². The molecule has 0 saturated heterocycles. The van der Waals surface area contributed by atoms with Gasteiger partial charge in [-0.15, -0.1) is 11.6 Å². The van der Waals surface area contributed by atoms with Crippen molar-refractivity contribution < 1.29 is 17.9 Å². The molecule has 0 aliphatic heterocycles. The van der Waals surface area contributed by atoms with Crippen molar-refractivity contribution in [2.75, 3.05) is 23.5 Å². The van der Waals surface area contributed by atoms with Gasteiger partial charge in [0, 0.05) is 5.41 Å². The van der Waals surface area contributed by atoms with Crippen LogP contribution in [-0.2, 0) is 22.0 Å². The van der Waals surface area contributed by atoms with Gasteiger partial charge in [-0.05, 0) is 35.4 Å². The minimum Gasteiger partial charge on any atom is -0.489 e. The molecule has 0 fully saturated rings. The molecule has 3 rings (SSSR count). The molecule has 0 amide bonds. The van der Waals surface area contributed by atoms with E-state index >= 15 is 0 Å². The number of rotatable bonds is 10. The monoisotopic (exact) mass is 531 g/mol. The number of ether oxygens (including phenoxy) is 2. The Labute approximate surface area is 208 Å². The number of benzene rings is 2. The van der Waals surface area contributed by atoms with Crippen molar-refractivity contribution >= 4 is 50.8 Å². The van der Waals surface area contributed by atoms with Crippen LogP contribution in [-0.4, -0.2) is 37.1 Å². The third-order valence-electron chi connectivity index (χ3n) is 4.92. The highest BCUT2D eigenvalue weighted by Gasteiger charge is 2.25. The summed E-state index contributed by atoms with van der Waals surface area (Å²) in [5.74, 6) is 1.57. The SMILES string of the molecule is CC(C)(c1ccc(OCc2cnc(NS(C)(=O)=O)[nH]2)cc1)c1cc(Cl)c(OCCCl)c(Cl)c1. The summed E-state index contributed by atoms with van der Waals surface area (Å²) in [6.45, 7) is 4.67. The molecule has 0 aliphatic rings. The van der Waals surface area contributed by atoms with Gasteiger partial charge in [-0.25, -0.2) is 13.4 Å². The Bertz CT molecular complexity index is 1190. The lowest BCUT2D eigenvalue weighted by atomic mass is 9.78. The van der Waals surface area contributed by atoms with E-state index in [1.54, 1.807) is 0 Å². The van der Waals surface area contributed by atoms with E-state index < -0.39 is 10.0 Å². The van der Waals surface area contributed by atoms with E-state index in [9.17, 15) is 8.42 Å². The van der Waals surface area contributed by atoms with Crippen LogP contribution in [0, 0.1) is 0 Å². The molecule has 0 bridgehead atoms. The van der Waals surface area contributed by atoms with Crippen LogP contribution in [0.2, 0.25) is 10.0 Å². The molecule has 11 heteroatoms. The fourth-order valence-corrected chi connectivity index (χ4v) is 4.28. The number of alkyl halides is 1. The summed E-state index contributed by atoms with van der Waals surface area (Å²) in [7, 11) is -3.40. The number of hydrogen-bond donors (Lipinski definition) is 2. The van der Waals surface area contributed by atoms with Gasteiger partial charge in [0.2, 0.25) is 16.0 Å². The summed E-state index contributed by atoms with van der Waals surface area (Å²) in [6, 6.07) is 11.4. The normalized spacial score (nSPS) is 11.9. The average Bonchev–Trinajstić information content (AvgIpc) is 3.17. The van der Waals surface area contributed by atoms with E-state index in [-0.39, 0.29) is 18.0 Å². The van der Waals surface area contributed by atoms with E-state index in [0.717, 1.165) is 17.4 Å². The maximum absolute atomic E-state index is 11.3. The number of nitrogens with zero attached hydrogens (tertiary/aromatic N) is 1. The highest BCUT2D eigenvalue weighted by Crippen LogP contribution is 2.40. The lowest BCUT2D eigenvalue weighted by Gasteiger charge is -2.27. The summed E-state index contributed by atoms with van der Waals surface area (Å²) >= 11 is 18.5. The predicted molar refractivity (Wildman–Crippen MR) is 133 cm³/mol. The van der Waals surface area contributed by atoms with Crippen molar-refractivity contribution in [1.29, 1.82) is 0 Å². The number of H-pyrrole nitrogens is 1. The molecule has 2 aromatic carbocycles. The second-order valence-electron chi connectivity index (χ2n) is 7.88. The van der Waals surface area contributed by atoms with Gasteiger partial charge in [-0.3, -0.25) is 4.72 Å². The molecule has 1 aromatic heterocycles. The van der Waals surface area contributed by atoms with Crippen LogP contribution in [0.5, 0.6) is 11.5 Å². The van der Waals surface area contributed by atoms with E-state index in [4.69, 9.17) is 44.3 Å². The van der Waals surface area contributed by atoms with Gasteiger partial charge in [-0.2, -0.15) is 0 Å². The molecule has 7 nitrogen and oxygen atoms in total. The number of aromatic amines is 1. The molecule has 0 radical (unpaired) electrons. The topological polar surface area (TPSA) is 93.3 Å². The molecule has 178 valence electrons. The van der Waals surface area contributed by atoms with Gasteiger partial charge in [0.05, 0.1) is 34.1 Å². The zero-order valence-electron chi connectivity index (χ0n) is 18.3. The summed E-state index contributed by atoms with van der Waals surface area (Å²) < 4.78 is 36.1. The molecular weight excluding hydrogens is 509 g/mol. The molecule has 0 atom stereocenters. The summed E-state index contributed by atoms with van der Waals surface area (Å²) in [4.78, 5) is 6.82. The van der Waals surface area contributed by atoms with Crippen LogP contribution in [0.15, 0.2) is 42.6 Å². The van der Waals surface area contributed by atoms with Crippen molar-refractivity contribution in [2.45, 2.75) is 25.9 Å². The molecule has 0 spiro atoms. The number of imidazole rings is 1. The van der Waals surface area contributed by atoms with Gasteiger partial charge in [0.15, 0.2) is 5.75 Å². The van der Waals surface area contributed by atoms with Crippen LogP contribution < -0.4 is 14.2 Å². The number of halogens is 3. The molecule has 0 saturated carbocycles. The summed E-state index contributed by atoms with van der Waals surface area (Å²) in [6.07, 6.45) is 2.57. The van der Waals surface area contributed by atoms with Crippen LogP contribution in [0.3, 0.4) is 0 Å².